The number of fused-ring (bicyclic) bond motifs is 1. The van der Waals surface area contributed by atoms with E-state index in [0.29, 0.717) is 0 Å². The van der Waals surface area contributed by atoms with Crippen LogP contribution in [0.5, 0.6) is 0 Å². The third kappa shape index (κ3) is 4.08. The molecule has 142 valence electrons. The maximum atomic E-state index is 13.3. The molecule has 27 heavy (non-hydrogen) atoms. The number of nitrogens with zero attached hydrogens (tertiary/aromatic N) is 3. The van der Waals surface area contributed by atoms with E-state index in [1.54, 1.807) is 19.1 Å². The van der Waals surface area contributed by atoms with Crippen molar-refractivity contribution in [3.63, 3.8) is 0 Å². The predicted octanol–water partition coefficient (Wildman–Crippen LogP) is 3.33. The van der Waals surface area contributed by atoms with Crippen LogP contribution in [0.3, 0.4) is 0 Å². The second-order valence-electron chi connectivity index (χ2n) is 5.31. The molecule has 0 radical (unpaired) electrons. The fourth-order valence-corrected chi connectivity index (χ4v) is 3.08. The number of alkyl halides is 3. The summed E-state index contributed by atoms with van der Waals surface area (Å²) >= 11 is 0.967. The van der Waals surface area contributed by atoms with E-state index >= 15 is 0 Å². The van der Waals surface area contributed by atoms with E-state index in [1.165, 1.54) is 17.5 Å². The Bertz CT molecular complexity index is 996. The molecule has 0 aliphatic heterocycles. The van der Waals surface area contributed by atoms with Gasteiger partial charge >= 0.3 is 12.1 Å². The van der Waals surface area contributed by atoms with Crippen molar-refractivity contribution in [2.24, 2.45) is 0 Å². The highest BCUT2D eigenvalue weighted by Gasteiger charge is 2.38. The minimum absolute atomic E-state index is 0.0150. The number of carbonyl (C=O) groups is 2. The van der Waals surface area contributed by atoms with Crippen LogP contribution in [0.15, 0.2) is 29.6 Å². The van der Waals surface area contributed by atoms with Crippen molar-refractivity contribution in [3.8, 4) is 0 Å². The zero-order valence-electron chi connectivity index (χ0n) is 13.9. The molecule has 1 aromatic carbocycles. The molecule has 3 aromatic rings. The first-order chi connectivity index (χ1) is 12.8. The van der Waals surface area contributed by atoms with Crippen LogP contribution in [-0.4, -0.2) is 33.0 Å². The van der Waals surface area contributed by atoms with Crippen LogP contribution in [0.4, 0.5) is 18.3 Å². The average Bonchev–Trinajstić information content (AvgIpc) is 3.20. The van der Waals surface area contributed by atoms with Crippen molar-refractivity contribution in [2.45, 2.75) is 19.6 Å². The molecule has 7 nitrogen and oxygen atoms in total. The third-order valence-corrected chi connectivity index (χ3v) is 4.20. The van der Waals surface area contributed by atoms with Gasteiger partial charge in [0.25, 0.3) is 0 Å². The highest BCUT2D eigenvalue weighted by atomic mass is 32.1. The summed E-state index contributed by atoms with van der Waals surface area (Å²) in [5.74, 6) is -2.53. The maximum Gasteiger partial charge on any atom is 0.449 e. The van der Waals surface area contributed by atoms with Gasteiger partial charge in [-0.25, -0.2) is 14.8 Å². The van der Waals surface area contributed by atoms with Crippen LogP contribution in [0, 0.1) is 0 Å². The summed E-state index contributed by atoms with van der Waals surface area (Å²) in [6, 6.07) is 6.01. The van der Waals surface area contributed by atoms with E-state index in [2.05, 4.69) is 15.3 Å². The van der Waals surface area contributed by atoms with Crippen molar-refractivity contribution in [3.05, 3.63) is 41.2 Å². The zero-order chi connectivity index (χ0) is 19.6. The minimum Gasteiger partial charge on any atom is -0.461 e. The van der Waals surface area contributed by atoms with Gasteiger partial charge in [-0.3, -0.25) is 4.79 Å². The number of aromatic nitrogens is 3. The molecular formula is C16H13F3N4O3S. The van der Waals surface area contributed by atoms with E-state index in [9.17, 15) is 22.8 Å². The number of para-hydroxylation sites is 2. The van der Waals surface area contributed by atoms with Gasteiger partial charge in [0, 0.05) is 5.38 Å². The third-order valence-electron chi connectivity index (χ3n) is 3.44. The van der Waals surface area contributed by atoms with Crippen molar-refractivity contribution >= 4 is 39.4 Å². The van der Waals surface area contributed by atoms with Crippen molar-refractivity contribution < 1.29 is 27.5 Å². The van der Waals surface area contributed by atoms with Gasteiger partial charge in [-0.2, -0.15) is 13.2 Å². The number of amides is 1. The van der Waals surface area contributed by atoms with Crippen molar-refractivity contribution in [1.82, 2.24) is 14.5 Å². The number of benzene rings is 1. The Morgan fingerprint density at radius 3 is 2.70 bits per heavy atom. The van der Waals surface area contributed by atoms with E-state index < -0.39 is 30.4 Å². The van der Waals surface area contributed by atoms with Gasteiger partial charge in [0.2, 0.25) is 11.7 Å². The summed E-state index contributed by atoms with van der Waals surface area (Å²) in [6.07, 6.45) is -4.71. The van der Waals surface area contributed by atoms with Gasteiger partial charge in [-0.1, -0.05) is 12.1 Å². The molecule has 0 fully saturated rings. The molecule has 0 bridgehead atoms. The topological polar surface area (TPSA) is 86.1 Å². The smallest absolute Gasteiger partial charge is 0.449 e. The number of anilines is 1. The number of nitrogens with one attached hydrogen (secondary N) is 1. The molecular weight excluding hydrogens is 385 g/mol. The lowest BCUT2D eigenvalue weighted by Crippen LogP contribution is -2.23. The van der Waals surface area contributed by atoms with Gasteiger partial charge in [0.05, 0.1) is 17.6 Å². The highest BCUT2D eigenvalue weighted by Crippen LogP contribution is 2.31. The summed E-state index contributed by atoms with van der Waals surface area (Å²) in [4.78, 5) is 31.3. The molecule has 0 aliphatic rings. The van der Waals surface area contributed by atoms with Crippen LogP contribution in [0.2, 0.25) is 0 Å². The largest absolute Gasteiger partial charge is 0.461 e. The first-order valence-corrected chi connectivity index (χ1v) is 8.62. The quantitative estimate of drug-likeness (QED) is 0.667. The summed E-state index contributed by atoms with van der Waals surface area (Å²) in [5.41, 5.74) is 0.337. The second kappa shape index (κ2) is 7.35. The number of esters is 1. The van der Waals surface area contributed by atoms with Gasteiger partial charge in [-0.15, -0.1) is 11.3 Å². The maximum absolute atomic E-state index is 13.3. The fourth-order valence-electron chi connectivity index (χ4n) is 2.38. The SMILES string of the molecule is CCOC(=O)c1csc(NC(=O)Cn2c(C(F)(F)F)nc3ccccc32)n1. The lowest BCUT2D eigenvalue weighted by Gasteiger charge is -2.10. The monoisotopic (exact) mass is 398 g/mol. The number of halogens is 3. The molecule has 11 heteroatoms. The Labute approximate surface area is 154 Å². The molecule has 2 heterocycles. The first kappa shape index (κ1) is 18.8. The Hall–Kier alpha value is -2.95. The molecule has 2 aromatic heterocycles. The lowest BCUT2D eigenvalue weighted by molar-refractivity contribution is -0.147. The molecule has 1 amide bonds. The molecule has 0 spiro atoms. The van der Waals surface area contributed by atoms with Crippen LogP contribution >= 0.6 is 11.3 Å². The second-order valence-corrected chi connectivity index (χ2v) is 6.17. The average molecular weight is 398 g/mol. The van der Waals surface area contributed by atoms with E-state index in [-0.39, 0.29) is 28.5 Å². The highest BCUT2D eigenvalue weighted by molar-refractivity contribution is 7.14. The molecule has 0 saturated carbocycles. The lowest BCUT2D eigenvalue weighted by atomic mass is 10.3. The normalized spacial score (nSPS) is 11.6. The van der Waals surface area contributed by atoms with Crippen LogP contribution in [0.25, 0.3) is 11.0 Å². The summed E-state index contributed by atoms with van der Waals surface area (Å²) in [5, 5.41) is 3.86. The summed E-state index contributed by atoms with van der Waals surface area (Å²) < 4.78 is 45.3. The Balaban J connectivity index is 1.81. The van der Waals surface area contributed by atoms with Crippen LogP contribution in [0.1, 0.15) is 23.2 Å². The zero-order valence-corrected chi connectivity index (χ0v) is 14.7. The minimum atomic E-state index is -4.71. The first-order valence-electron chi connectivity index (χ1n) is 7.74. The number of thiazole rings is 1. The van der Waals surface area contributed by atoms with E-state index in [0.717, 1.165) is 15.9 Å². The summed E-state index contributed by atoms with van der Waals surface area (Å²) in [7, 11) is 0. The molecule has 0 aliphatic carbocycles. The van der Waals surface area contributed by atoms with Gasteiger partial charge < -0.3 is 14.6 Å². The van der Waals surface area contributed by atoms with Crippen molar-refractivity contribution in [2.75, 3.05) is 11.9 Å². The summed E-state index contributed by atoms with van der Waals surface area (Å²) in [6.45, 7) is 1.20. The van der Waals surface area contributed by atoms with Gasteiger partial charge in [-0.05, 0) is 19.1 Å². The van der Waals surface area contributed by atoms with Gasteiger partial charge in [0.15, 0.2) is 10.8 Å². The van der Waals surface area contributed by atoms with Gasteiger partial charge in [0.1, 0.15) is 6.54 Å². The Kier molecular flexibility index (Phi) is 5.13. The molecule has 0 atom stereocenters. The van der Waals surface area contributed by atoms with Crippen molar-refractivity contribution in [1.29, 1.82) is 0 Å². The molecule has 1 N–H and O–H groups in total. The molecule has 0 unspecified atom stereocenters. The Morgan fingerprint density at radius 1 is 1.26 bits per heavy atom. The number of hydrogen-bond acceptors (Lipinski definition) is 6. The van der Waals surface area contributed by atoms with E-state index in [4.69, 9.17) is 4.74 Å². The van der Waals surface area contributed by atoms with Crippen LogP contribution in [-0.2, 0) is 22.3 Å². The Morgan fingerprint density at radius 2 is 2.00 bits per heavy atom. The van der Waals surface area contributed by atoms with E-state index in [1.807, 2.05) is 0 Å². The fraction of sp³-hybridized carbons (Fsp3) is 0.250. The number of hydrogen-bond donors (Lipinski definition) is 1. The molecule has 3 rings (SSSR count). The molecule has 0 saturated heterocycles. The van der Waals surface area contributed by atoms with Crippen LogP contribution < -0.4 is 5.32 Å². The predicted molar refractivity (Wildman–Crippen MR) is 91.4 cm³/mol. The number of imidazole rings is 1. The number of ether oxygens (including phenoxy) is 1. The number of carbonyl (C=O) groups excluding carboxylic acids is 2. The number of rotatable bonds is 5. The standard InChI is InChI=1S/C16H13F3N4O3S/c1-2-26-13(25)10-8-27-15(21-10)22-12(24)7-23-11-6-4-3-5-9(11)20-14(23)16(17,18)19/h3-6,8H,2,7H2,1H3,(H,21,22,24).